The van der Waals surface area contributed by atoms with Crippen LogP contribution in [0.1, 0.15) is 12.5 Å². The summed E-state index contributed by atoms with van der Waals surface area (Å²) in [4.78, 5) is 12.3. The molecule has 0 atom stereocenters. The quantitative estimate of drug-likeness (QED) is 0.573. The first-order valence-corrected chi connectivity index (χ1v) is 6.50. The maximum Gasteiger partial charge on any atom is 0.260 e. The molecule has 4 nitrogen and oxygen atoms in total. The van der Waals surface area contributed by atoms with E-state index in [1.165, 1.54) is 4.90 Å². The van der Waals surface area contributed by atoms with Gasteiger partial charge in [0.2, 0.25) is 0 Å². The molecule has 0 aromatic heterocycles. The number of benzene rings is 1. The molecular weight excluding hydrogens is 236 g/mol. The molecule has 0 unspecified atom stereocenters. The second kappa shape index (κ2) is 8.11. The molecule has 0 saturated heterocycles. The van der Waals surface area contributed by atoms with Gasteiger partial charge in [-0.3, -0.25) is 10.2 Å². The van der Waals surface area contributed by atoms with Crippen LogP contribution in [0.15, 0.2) is 29.2 Å². The fraction of sp³-hybridized carbons (Fsp3) is 0.417. The van der Waals surface area contributed by atoms with E-state index in [1.54, 1.807) is 18.8 Å². The summed E-state index contributed by atoms with van der Waals surface area (Å²) >= 11 is 1.81. The van der Waals surface area contributed by atoms with Gasteiger partial charge in [-0.05, 0) is 23.4 Å². The maximum absolute atomic E-state index is 11.1. The summed E-state index contributed by atoms with van der Waals surface area (Å²) in [5.41, 5.74) is 6.07. The highest BCUT2D eigenvalue weighted by atomic mass is 32.2. The van der Waals surface area contributed by atoms with Crippen LogP contribution < -0.4 is 10.9 Å². The van der Waals surface area contributed by atoms with Crippen LogP contribution >= 0.6 is 11.8 Å². The number of thioether (sulfide) groups is 1. The van der Waals surface area contributed by atoms with Gasteiger partial charge in [-0.1, -0.05) is 19.1 Å². The van der Waals surface area contributed by atoms with Crippen LogP contribution in [0, 0.1) is 0 Å². The van der Waals surface area contributed by atoms with Crippen molar-refractivity contribution in [3.63, 3.8) is 0 Å². The number of rotatable bonds is 7. The fourth-order valence-electron chi connectivity index (χ4n) is 1.29. The average molecular weight is 254 g/mol. The van der Waals surface area contributed by atoms with Crippen LogP contribution in [0.2, 0.25) is 0 Å². The smallest absolute Gasteiger partial charge is 0.260 e. The minimum absolute atomic E-state index is 0.0618. The topological polar surface area (TPSA) is 50.4 Å². The molecule has 0 bridgehead atoms. The van der Waals surface area contributed by atoms with Gasteiger partial charge in [0.1, 0.15) is 6.61 Å². The van der Waals surface area contributed by atoms with E-state index >= 15 is 0 Å². The Morgan fingerprint density at radius 2 is 2.06 bits per heavy atom. The highest BCUT2D eigenvalue weighted by molar-refractivity contribution is 7.99. The van der Waals surface area contributed by atoms with E-state index in [1.807, 2.05) is 12.1 Å². The molecule has 0 fully saturated rings. The van der Waals surface area contributed by atoms with Crippen LogP contribution in [0.3, 0.4) is 0 Å². The third kappa shape index (κ3) is 5.72. The van der Waals surface area contributed by atoms with E-state index < -0.39 is 0 Å². The normalized spacial score (nSPS) is 10.2. The predicted octanol–water partition coefficient (Wildman–Crippen LogP) is 1.57. The number of ether oxygens (including phenoxy) is 1. The number of amides is 1. The molecule has 1 rings (SSSR count). The zero-order valence-electron chi connectivity index (χ0n) is 10.2. The maximum atomic E-state index is 11.1. The van der Waals surface area contributed by atoms with Gasteiger partial charge in [0, 0.05) is 11.9 Å². The van der Waals surface area contributed by atoms with Gasteiger partial charge in [-0.2, -0.15) is 0 Å². The summed E-state index contributed by atoms with van der Waals surface area (Å²) < 4.78 is 5.28. The van der Waals surface area contributed by atoms with Crippen LogP contribution in [0.4, 0.5) is 0 Å². The summed E-state index contributed by atoms with van der Waals surface area (Å²) in [6.45, 7) is 2.64. The first-order chi connectivity index (χ1) is 8.26. The van der Waals surface area contributed by atoms with Crippen molar-refractivity contribution < 1.29 is 9.53 Å². The second-order valence-corrected chi connectivity index (χ2v) is 4.71. The first-order valence-electron chi connectivity index (χ1n) is 5.51. The highest BCUT2D eigenvalue weighted by Gasteiger charge is 2.00. The van der Waals surface area contributed by atoms with Gasteiger partial charge in [-0.15, -0.1) is 11.8 Å². The monoisotopic (exact) mass is 254 g/mol. The molecule has 0 heterocycles. The van der Waals surface area contributed by atoms with Crippen LogP contribution in [0.5, 0.6) is 0 Å². The first kappa shape index (κ1) is 14.0. The molecule has 0 aliphatic carbocycles. The van der Waals surface area contributed by atoms with Crippen molar-refractivity contribution in [3.05, 3.63) is 29.8 Å². The summed E-state index contributed by atoms with van der Waals surface area (Å²) in [6.07, 6.45) is 0. The number of carbonyl (C=O) groups is 1. The minimum atomic E-state index is -0.175. The third-order valence-corrected chi connectivity index (χ3v) is 2.89. The van der Waals surface area contributed by atoms with Crippen LogP contribution in [-0.4, -0.2) is 25.3 Å². The Balaban J connectivity index is 2.29. The van der Waals surface area contributed by atoms with Gasteiger partial charge in [0.25, 0.3) is 5.91 Å². The molecule has 0 aliphatic heterocycles. The Hall–Kier alpha value is -1.04. The van der Waals surface area contributed by atoms with Crippen molar-refractivity contribution in [2.75, 3.05) is 19.4 Å². The number of carbonyl (C=O) groups excluding carboxylic acids is 1. The van der Waals surface area contributed by atoms with Gasteiger partial charge in [-0.25, -0.2) is 5.43 Å². The molecule has 2 N–H and O–H groups in total. The van der Waals surface area contributed by atoms with E-state index in [4.69, 9.17) is 4.74 Å². The highest BCUT2D eigenvalue weighted by Crippen LogP contribution is 2.17. The summed E-state index contributed by atoms with van der Waals surface area (Å²) in [5, 5.41) is 0. The van der Waals surface area contributed by atoms with Crippen molar-refractivity contribution in [3.8, 4) is 0 Å². The number of hydrazine groups is 1. The van der Waals surface area contributed by atoms with Crippen molar-refractivity contribution in [2.24, 2.45) is 0 Å². The lowest BCUT2D eigenvalue weighted by Gasteiger charge is -2.05. The lowest BCUT2D eigenvalue weighted by atomic mass is 10.2. The zero-order valence-corrected chi connectivity index (χ0v) is 11.0. The van der Waals surface area contributed by atoms with Crippen LogP contribution in [0.25, 0.3) is 0 Å². The molecule has 0 spiro atoms. The Morgan fingerprint density at radius 1 is 1.35 bits per heavy atom. The summed E-state index contributed by atoms with van der Waals surface area (Å²) in [5.74, 6) is 0.894. The van der Waals surface area contributed by atoms with Crippen molar-refractivity contribution in [1.82, 2.24) is 10.9 Å². The number of hydrogen-bond donors (Lipinski definition) is 2. The molecular formula is C12H18N2O2S. The van der Waals surface area contributed by atoms with E-state index in [0.717, 1.165) is 11.3 Å². The molecule has 17 heavy (non-hydrogen) atoms. The predicted molar refractivity (Wildman–Crippen MR) is 69.7 cm³/mol. The Morgan fingerprint density at radius 3 is 2.65 bits per heavy atom. The van der Waals surface area contributed by atoms with E-state index in [-0.39, 0.29) is 12.5 Å². The van der Waals surface area contributed by atoms with E-state index in [0.29, 0.717) is 6.61 Å². The zero-order chi connectivity index (χ0) is 12.5. The van der Waals surface area contributed by atoms with E-state index in [2.05, 4.69) is 29.9 Å². The Labute approximate surface area is 106 Å². The van der Waals surface area contributed by atoms with Crippen LogP contribution in [-0.2, 0) is 16.1 Å². The molecule has 1 amide bonds. The second-order valence-electron chi connectivity index (χ2n) is 3.37. The molecule has 5 heteroatoms. The molecule has 0 radical (unpaired) electrons. The number of nitrogens with one attached hydrogen (secondary N) is 2. The molecule has 0 aliphatic rings. The average Bonchev–Trinajstić information content (AvgIpc) is 2.32. The summed E-state index contributed by atoms with van der Waals surface area (Å²) in [6, 6.07) is 8.18. The van der Waals surface area contributed by atoms with Crippen molar-refractivity contribution in [2.45, 2.75) is 18.4 Å². The lowest BCUT2D eigenvalue weighted by Crippen LogP contribution is -2.36. The van der Waals surface area contributed by atoms with Crippen molar-refractivity contribution >= 4 is 17.7 Å². The Bertz CT molecular complexity index is 341. The van der Waals surface area contributed by atoms with Crippen molar-refractivity contribution in [1.29, 1.82) is 0 Å². The molecule has 1 aromatic carbocycles. The third-order valence-electron chi connectivity index (χ3n) is 2.00. The van der Waals surface area contributed by atoms with Gasteiger partial charge < -0.3 is 4.74 Å². The standard InChI is InChI=1S/C12H18N2O2S/c1-3-17-11-6-4-10(5-7-11)8-16-9-12(15)14-13-2/h4-7,13H,3,8-9H2,1-2H3,(H,14,15). The Kier molecular flexibility index (Phi) is 6.69. The molecule has 0 saturated carbocycles. The number of hydrogen-bond acceptors (Lipinski definition) is 4. The summed E-state index contributed by atoms with van der Waals surface area (Å²) in [7, 11) is 1.64. The lowest BCUT2D eigenvalue weighted by molar-refractivity contribution is -0.126. The largest absolute Gasteiger partial charge is 0.367 e. The SMILES string of the molecule is CCSc1ccc(COCC(=O)NNC)cc1. The molecule has 1 aromatic rings. The van der Waals surface area contributed by atoms with Gasteiger partial charge in [0.15, 0.2) is 0 Å². The van der Waals surface area contributed by atoms with Gasteiger partial charge in [0.05, 0.1) is 6.61 Å². The minimum Gasteiger partial charge on any atom is -0.367 e. The fourth-order valence-corrected chi connectivity index (χ4v) is 1.95. The van der Waals surface area contributed by atoms with Gasteiger partial charge >= 0.3 is 0 Å². The molecule has 94 valence electrons. The van der Waals surface area contributed by atoms with E-state index in [9.17, 15) is 4.79 Å².